The molecule has 3 nitrogen and oxygen atoms in total. The van der Waals surface area contributed by atoms with Crippen LogP contribution >= 0.6 is 0 Å². The lowest BCUT2D eigenvalue weighted by Crippen LogP contribution is -2.51. The highest BCUT2D eigenvalue weighted by Crippen LogP contribution is 2.67. The number of hydrogen-bond acceptors (Lipinski definition) is 3. The standard InChI is InChI=1S/C33H49NO2/c1-22(2)8-6-9-23(3)28-13-14-29-27-12-11-25-20-26(36-31(35)24-10-7-19-34-21-24)15-17-32(25,4)30(27)16-18-33(28,29)5/h7,10-11,19,21-23,26-30H,6,8-9,12-18,20H2,1-5H3/t23-,26-,27+,28-,29+,30+,32+,33-/m1/s1. The van der Waals surface area contributed by atoms with Crippen LogP contribution < -0.4 is 0 Å². The molecule has 1 heterocycles. The minimum absolute atomic E-state index is 0.00462. The average Bonchev–Trinajstić information content (AvgIpc) is 3.22. The number of carbonyl (C=O) groups is 1. The number of rotatable bonds is 7. The monoisotopic (exact) mass is 491 g/mol. The summed E-state index contributed by atoms with van der Waals surface area (Å²) in [5.41, 5.74) is 2.97. The van der Waals surface area contributed by atoms with Crippen LogP contribution in [0.4, 0.5) is 0 Å². The van der Waals surface area contributed by atoms with Crippen LogP contribution in [-0.2, 0) is 4.74 Å². The Morgan fingerprint density at radius 2 is 1.92 bits per heavy atom. The van der Waals surface area contributed by atoms with Crippen LogP contribution in [0.15, 0.2) is 36.2 Å². The van der Waals surface area contributed by atoms with E-state index in [2.05, 4.69) is 45.7 Å². The molecule has 5 rings (SSSR count). The molecule has 0 N–H and O–H groups in total. The summed E-state index contributed by atoms with van der Waals surface area (Å²) < 4.78 is 5.96. The van der Waals surface area contributed by atoms with Crippen molar-refractivity contribution in [1.82, 2.24) is 4.98 Å². The van der Waals surface area contributed by atoms with Crippen LogP contribution in [0.2, 0.25) is 0 Å². The molecule has 0 amide bonds. The van der Waals surface area contributed by atoms with E-state index >= 15 is 0 Å². The summed E-state index contributed by atoms with van der Waals surface area (Å²) in [5.74, 6) is 4.93. The molecule has 0 bridgehead atoms. The second kappa shape index (κ2) is 10.3. The summed E-state index contributed by atoms with van der Waals surface area (Å²) in [6, 6.07) is 3.60. The molecule has 3 heteroatoms. The predicted molar refractivity (Wildman–Crippen MR) is 146 cm³/mol. The Kier molecular flexibility index (Phi) is 7.40. The van der Waals surface area contributed by atoms with Crippen molar-refractivity contribution in [3.63, 3.8) is 0 Å². The quantitative estimate of drug-likeness (QED) is 0.283. The molecule has 3 fully saturated rings. The lowest BCUT2D eigenvalue weighted by molar-refractivity contribution is -0.0594. The fourth-order valence-electron chi connectivity index (χ4n) is 9.46. The van der Waals surface area contributed by atoms with Gasteiger partial charge in [0, 0.05) is 18.8 Å². The summed E-state index contributed by atoms with van der Waals surface area (Å²) in [4.78, 5) is 16.7. The van der Waals surface area contributed by atoms with E-state index in [9.17, 15) is 4.79 Å². The van der Waals surface area contributed by atoms with Gasteiger partial charge in [0.25, 0.3) is 0 Å². The molecule has 0 aromatic carbocycles. The maximum absolute atomic E-state index is 12.6. The second-order valence-electron chi connectivity index (χ2n) is 13.8. The molecule has 3 saturated carbocycles. The molecule has 198 valence electrons. The Morgan fingerprint density at radius 3 is 2.67 bits per heavy atom. The van der Waals surface area contributed by atoms with Gasteiger partial charge in [-0.25, -0.2) is 4.79 Å². The summed E-state index contributed by atoms with van der Waals surface area (Å²) in [6.07, 6.45) is 20.1. The molecule has 4 aliphatic rings. The number of nitrogens with zero attached hydrogens (tertiary/aromatic N) is 1. The third-order valence-corrected chi connectivity index (χ3v) is 11.4. The summed E-state index contributed by atoms with van der Waals surface area (Å²) in [6.45, 7) is 12.5. The van der Waals surface area contributed by atoms with E-state index in [1.165, 1.54) is 51.4 Å². The molecule has 1 aromatic heterocycles. The van der Waals surface area contributed by atoms with Crippen molar-refractivity contribution in [3.8, 4) is 0 Å². The predicted octanol–water partition coefficient (Wildman–Crippen LogP) is 8.65. The number of pyridine rings is 1. The molecular formula is C33H49NO2. The zero-order valence-electron chi connectivity index (χ0n) is 23.5. The number of esters is 1. The van der Waals surface area contributed by atoms with Crippen molar-refractivity contribution in [2.24, 2.45) is 46.3 Å². The van der Waals surface area contributed by atoms with Gasteiger partial charge in [0.2, 0.25) is 0 Å². The first-order valence-corrected chi connectivity index (χ1v) is 15.0. The van der Waals surface area contributed by atoms with Gasteiger partial charge in [0.15, 0.2) is 0 Å². The summed E-state index contributed by atoms with van der Waals surface area (Å²) >= 11 is 0. The Bertz CT molecular complexity index is 954. The van der Waals surface area contributed by atoms with Gasteiger partial charge in [-0.05, 0) is 103 Å². The highest BCUT2D eigenvalue weighted by Gasteiger charge is 2.59. The first kappa shape index (κ1) is 26.0. The molecule has 0 radical (unpaired) electrons. The van der Waals surface area contributed by atoms with E-state index in [0.717, 1.165) is 54.8 Å². The minimum atomic E-state index is -0.223. The van der Waals surface area contributed by atoms with Gasteiger partial charge in [-0.3, -0.25) is 4.98 Å². The fourth-order valence-corrected chi connectivity index (χ4v) is 9.46. The van der Waals surface area contributed by atoms with Crippen molar-refractivity contribution in [3.05, 3.63) is 41.7 Å². The highest BCUT2D eigenvalue weighted by molar-refractivity contribution is 5.89. The van der Waals surface area contributed by atoms with Gasteiger partial charge in [-0.2, -0.15) is 0 Å². The third-order valence-electron chi connectivity index (χ3n) is 11.4. The van der Waals surface area contributed by atoms with E-state index in [4.69, 9.17) is 4.74 Å². The number of carbonyl (C=O) groups excluding carboxylic acids is 1. The lowest BCUT2D eigenvalue weighted by atomic mass is 9.47. The lowest BCUT2D eigenvalue weighted by Gasteiger charge is -2.58. The maximum atomic E-state index is 12.6. The fraction of sp³-hybridized carbons (Fsp3) is 0.758. The van der Waals surface area contributed by atoms with Crippen molar-refractivity contribution < 1.29 is 9.53 Å². The maximum Gasteiger partial charge on any atom is 0.339 e. The summed E-state index contributed by atoms with van der Waals surface area (Å²) in [7, 11) is 0. The Labute approximate surface area is 219 Å². The van der Waals surface area contributed by atoms with E-state index in [0.29, 0.717) is 16.4 Å². The van der Waals surface area contributed by atoms with E-state index in [1.807, 2.05) is 0 Å². The molecule has 0 unspecified atom stereocenters. The zero-order valence-corrected chi connectivity index (χ0v) is 23.5. The van der Waals surface area contributed by atoms with Gasteiger partial charge in [-0.1, -0.05) is 65.5 Å². The first-order valence-electron chi connectivity index (χ1n) is 15.0. The molecule has 8 atom stereocenters. The van der Waals surface area contributed by atoms with E-state index in [-0.39, 0.29) is 12.1 Å². The number of allylic oxidation sites excluding steroid dienone is 1. The Hall–Kier alpha value is -1.64. The van der Waals surface area contributed by atoms with Crippen molar-refractivity contribution in [2.75, 3.05) is 0 Å². The van der Waals surface area contributed by atoms with E-state index in [1.54, 1.807) is 30.1 Å². The smallest absolute Gasteiger partial charge is 0.339 e. The molecule has 0 aliphatic heterocycles. The van der Waals surface area contributed by atoms with Crippen LogP contribution in [0, 0.1) is 46.3 Å². The van der Waals surface area contributed by atoms with Crippen molar-refractivity contribution in [1.29, 1.82) is 0 Å². The van der Waals surface area contributed by atoms with Gasteiger partial charge in [-0.15, -0.1) is 0 Å². The van der Waals surface area contributed by atoms with Gasteiger partial charge >= 0.3 is 5.97 Å². The van der Waals surface area contributed by atoms with Gasteiger partial charge in [0.1, 0.15) is 6.10 Å². The van der Waals surface area contributed by atoms with Gasteiger partial charge in [0.05, 0.1) is 5.56 Å². The van der Waals surface area contributed by atoms with Crippen molar-refractivity contribution in [2.45, 2.75) is 111 Å². The number of fused-ring (bicyclic) bond motifs is 5. The van der Waals surface area contributed by atoms with Gasteiger partial charge < -0.3 is 4.74 Å². The topological polar surface area (TPSA) is 39.2 Å². The molecular weight excluding hydrogens is 442 g/mol. The Morgan fingerprint density at radius 1 is 1.08 bits per heavy atom. The minimum Gasteiger partial charge on any atom is -0.458 e. The highest BCUT2D eigenvalue weighted by atomic mass is 16.5. The molecule has 4 aliphatic carbocycles. The largest absolute Gasteiger partial charge is 0.458 e. The molecule has 36 heavy (non-hydrogen) atoms. The van der Waals surface area contributed by atoms with Crippen LogP contribution in [0.5, 0.6) is 0 Å². The SMILES string of the molecule is CC(C)CCC[C@@H](C)[C@H]1CC[C@H]2[C@@H]3CC=C4C[C@H](OC(=O)c5cccnc5)CC[C@]4(C)[C@H]3CC[C@]12C. The Balaban J connectivity index is 1.25. The third kappa shape index (κ3) is 4.69. The normalized spacial score (nSPS) is 38.5. The van der Waals surface area contributed by atoms with Crippen LogP contribution in [0.25, 0.3) is 0 Å². The average molecular weight is 492 g/mol. The molecule has 1 aromatic rings. The van der Waals surface area contributed by atoms with Crippen LogP contribution in [0.3, 0.4) is 0 Å². The zero-order chi connectivity index (χ0) is 25.5. The van der Waals surface area contributed by atoms with Crippen LogP contribution in [-0.4, -0.2) is 17.1 Å². The second-order valence-corrected chi connectivity index (χ2v) is 13.8. The van der Waals surface area contributed by atoms with Crippen LogP contribution in [0.1, 0.15) is 116 Å². The first-order chi connectivity index (χ1) is 17.2. The molecule has 0 spiro atoms. The number of ether oxygens (including phenoxy) is 1. The van der Waals surface area contributed by atoms with Crippen molar-refractivity contribution >= 4 is 5.97 Å². The molecule has 0 saturated heterocycles. The number of aromatic nitrogens is 1. The number of hydrogen-bond donors (Lipinski definition) is 0. The van der Waals surface area contributed by atoms with E-state index < -0.39 is 0 Å². The summed E-state index contributed by atoms with van der Waals surface area (Å²) in [5, 5.41) is 0.